The van der Waals surface area contributed by atoms with Crippen LogP contribution < -0.4 is 5.32 Å². The maximum absolute atomic E-state index is 5.80. The summed E-state index contributed by atoms with van der Waals surface area (Å²) in [6.07, 6.45) is 8.23. The van der Waals surface area contributed by atoms with E-state index in [-0.39, 0.29) is 0 Å². The van der Waals surface area contributed by atoms with Crippen LogP contribution in [0.25, 0.3) is 0 Å². The Morgan fingerprint density at radius 2 is 1.95 bits per heavy atom. The zero-order valence-corrected chi connectivity index (χ0v) is 11.7. The largest absolute Gasteiger partial charge is 0.377 e. The second-order valence-corrected chi connectivity index (χ2v) is 6.11. The van der Waals surface area contributed by atoms with Gasteiger partial charge in [-0.1, -0.05) is 43.5 Å². The highest BCUT2D eigenvalue weighted by molar-refractivity contribution is 5.23. The van der Waals surface area contributed by atoms with Gasteiger partial charge in [0.05, 0.1) is 6.61 Å². The first-order chi connectivity index (χ1) is 9.40. The van der Waals surface area contributed by atoms with Gasteiger partial charge in [0.15, 0.2) is 0 Å². The van der Waals surface area contributed by atoms with Crippen LogP contribution in [0.2, 0.25) is 0 Å². The van der Waals surface area contributed by atoms with E-state index in [0.29, 0.717) is 0 Å². The lowest BCUT2D eigenvalue weighted by Crippen LogP contribution is -2.15. The second-order valence-electron chi connectivity index (χ2n) is 6.11. The Morgan fingerprint density at radius 1 is 1.11 bits per heavy atom. The molecule has 1 aromatic carbocycles. The summed E-state index contributed by atoms with van der Waals surface area (Å²) in [6, 6.07) is 9.58. The van der Waals surface area contributed by atoms with Crippen LogP contribution in [0.5, 0.6) is 0 Å². The van der Waals surface area contributed by atoms with Crippen LogP contribution >= 0.6 is 0 Å². The van der Waals surface area contributed by atoms with Gasteiger partial charge in [0.25, 0.3) is 0 Å². The number of rotatable bonds is 8. The van der Waals surface area contributed by atoms with Gasteiger partial charge in [-0.2, -0.15) is 0 Å². The minimum Gasteiger partial charge on any atom is -0.377 e. The van der Waals surface area contributed by atoms with Crippen molar-refractivity contribution in [2.24, 2.45) is 5.92 Å². The van der Waals surface area contributed by atoms with Crippen molar-refractivity contribution in [1.29, 1.82) is 0 Å². The molecule has 2 saturated carbocycles. The molecule has 0 spiro atoms. The second kappa shape index (κ2) is 6.53. The molecule has 0 aliphatic heterocycles. The van der Waals surface area contributed by atoms with Gasteiger partial charge in [0.2, 0.25) is 0 Å². The van der Waals surface area contributed by atoms with Crippen molar-refractivity contribution in [3.8, 4) is 0 Å². The lowest BCUT2D eigenvalue weighted by Gasteiger charge is -2.24. The molecule has 0 heterocycles. The topological polar surface area (TPSA) is 21.3 Å². The van der Waals surface area contributed by atoms with E-state index in [2.05, 4.69) is 29.6 Å². The Morgan fingerprint density at radius 3 is 2.68 bits per heavy atom. The highest BCUT2D eigenvalue weighted by Gasteiger charge is 2.19. The molecule has 104 valence electrons. The minimum atomic E-state index is 0.768. The molecule has 1 N–H and O–H groups in total. The third-order valence-corrected chi connectivity index (χ3v) is 4.33. The summed E-state index contributed by atoms with van der Waals surface area (Å²) < 4.78 is 5.80. The van der Waals surface area contributed by atoms with Crippen LogP contribution in [-0.4, -0.2) is 12.6 Å². The van der Waals surface area contributed by atoms with Gasteiger partial charge in [-0.3, -0.25) is 0 Å². The maximum atomic E-state index is 5.80. The molecule has 2 aliphatic carbocycles. The number of hydrogen-bond donors (Lipinski definition) is 1. The monoisotopic (exact) mass is 259 g/mol. The van der Waals surface area contributed by atoms with E-state index in [9.17, 15) is 0 Å². The van der Waals surface area contributed by atoms with Gasteiger partial charge in [-0.15, -0.1) is 0 Å². The molecule has 2 nitrogen and oxygen atoms in total. The predicted octanol–water partition coefficient (Wildman–Crippen LogP) is 3.65. The highest BCUT2D eigenvalue weighted by atomic mass is 16.5. The summed E-state index contributed by atoms with van der Waals surface area (Å²) in [5.41, 5.74) is 2.69. The molecule has 1 aromatic rings. The zero-order chi connectivity index (χ0) is 12.9. The van der Waals surface area contributed by atoms with Crippen LogP contribution in [-0.2, 0) is 17.9 Å². The molecule has 0 bridgehead atoms. The molecule has 0 atom stereocenters. The first-order valence-electron chi connectivity index (χ1n) is 7.79. The van der Waals surface area contributed by atoms with E-state index in [4.69, 9.17) is 4.74 Å². The molecule has 0 unspecified atom stereocenters. The Labute approximate surface area is 116 Å². The van der Waals surface area contributed by atoms with Crippen LogP contribution in [0, 0.1) is 5.92 Å². The van der Waals surface area contributed by atoms with E-state index in [1.54, 1.807) is 0 Å². The maximum Gasteiger partial charge on any atom is 0.0716 e. The Kier molecular flexibility index (Phi) is 4.52. The summed E-state index contributed by atoms with van der Waals surface area (Å²) in [5.74, 6) is 0.953. The molecule has 19 heavy (non-hydrogen) atoms. The van der Waals surface area contributed by atoms with Crippen molar-refractivity contribution in [2.75, 3.05) is 6.61 Å². The molecular formula is C17H25NO. The predicted molar refractivity (Wildman–Crippen MR) is 77.9 cm³/mol. The fourth-order valence-electron chi connectivity index (χ4n) is 2.60. The van der Waals surface area contributed by atoms with Crippen LogP contribution in [0.3, 0.4) is 0 Å². The Balaban J connectivity index is 1.37. The molecule has 0 amide bonds. The molecule has 3 rings (SSSR count). The smallest absolute Gasteiger partial charge is 0.0716 e. The molecule has 0 radical (unpaired) electrons. The molecule has 2 aliphatic rings. The van der Waals surface area contributed by atoms with Crippen molar-refractivity contribution >= 4 is 0 Å². The Hall–Kier alpha value is -0.860. The van der Waals surface area contributed by atoms with Gasteiger partial charge in [-0.25, -0.2) is 0 Å². The van der Waals surface area contributed by atoms with Crippen molar-refractivity contribution in [3.05, 3.63) is 35.4 Å². The molecular weight excluding hydrogens is 234 g/mol. The lowest BCUT2D eigenvalue weighted by molar-refractivity contribution is 0.0949. The van der Waals surface area contributed by atoms with E-state index in [0.717, 1.165) is 31.7 Å². The molecule has 0 aromatic heterocycles. The van der Waals surface area contributed by atoms with E-state index >= 15 is 0 Å². The van der Waals surface area contributed by atoms with Crippen molar-refractivity contribution < 1.29 is 4.74 Å². The van der Waals surface area contributed by atoms with Gasteiger partial charge >= 0.3 is 0 Å². The fraction of sp³-hybridized carbons (Fsp3) is 0.647. The Bertz CT molecular complexity index is 396. The third-order valence-electron chi connectivity index (χ3n) is 4.33. The summed E-state index contributed by atoms with van der Waals surface area (Å²) in [6.45, 7) is 2.69. The molecule has 2 fully saturated rings. The van der Waals surface area contributed by atoms with E-state index in [1.807, 2.05) is 0 Å². The standard InChI is InChI=1S/C17H25NO/c1-3-14(4-1)9-10-19-13-16-6-2-5-15(11-16)12-18-17-7-8-17/h2,5-6,11,14,17-18H,1,3-4,7-10,12-13H2. The number of ether oxygens (including phenoxy) is 1. The lowest BCUT2D eigenvalue weighted by atomic mass is 9.83. The number of hydrogen-bond acceptors (Lipinski definition) is 2. The summed E-state index contributed by atoms with van der Waals surface area (Å²) in [5, 5.41) is 3.56. The van der Waals surface area contributed by atoms with Crippen molar-refractivity contribution in [1.82, 2.24) is 5.32 Å². The molecule has 0 saturated heterocycles. The van der Waals surface area contributed by atoms with Crippen molar-refractivity contribution in [2.45, 2.75) is 57.7 Å². The SMILES string of the molecule is c1cc(CNC2CC2)cc(COCCC2CCC2)c1. The van der Waals surface area contributed by atoms with Crippen LogP contribution in [0.4, 0.5) is 0 Å². The van der Waals surface area contributed by atoms with Crippen LogP contribution in [0.15, 0.2) is 24.3 Å². The van der Waals surface area contributed by atoms with Gasteiger partial charge in [0, 0.05) is 19.2 Å². The average Bonchev–Trinajstić information content (AvgIpc) is 3.18. The van der Waals surface area contributed by atoms with Crippen LogP contribution in [0.1, 0.15) is 49.7 Å². The highest BCUT2D eigenvalue weighted by Crippen LogP contribution is 2.29. The first kappa shape index (κ1) is 13.1. The summed E-state index contributed by atoms with van der Waals surface area (Å²) in [7, 11) is 0. The normalized spacial score (nSPS) is 19.4. The average molecular weight is 259 g/mol. The minimum absolute atomic E-state index is 0.768. The van der Waals surface area contributed by atoms with Gasteiger partial charge in [0.1, 0.15) is 0 Å². The summed E-state index contributed by atoms with van der Waals surface area (Å²) in [4.78, 5) is 0. The van der Waals surface area contributed by atoms with Gasteiger partial charge in [-0.05, 0) is 36.3 Å². The molecule has 2 heteroatoms. The van der Waals surface area contributed by atoms with E-state index in [1.165, 1.54) is 49.7 Å². The quantitative estimate of drug-likeness (QED) is 0.720. The summed E-state index contributed by atoms with van der Waals surface area (Å²) >= 11 is 0. The zero-order valence-electron chi connectivity index (χ0n) is 11.7. The number of nitrogens with one attached hydrogen (secondary N) is 1. The number of benzene rings is 1. The third kappa shape index (κ3) is 4.32. The van der Waals surface area contributed by atoms with E-state index < -0.39 is 0 Å². The fourth-order valence-corrected chi connectivity index (χ4v) is 2.60. The first-order valence-corrected chi connectivity index (χ1v) is 7.79. The van der Waals surface area contributed by atoms with Crippen molar-refractivity contribution in [3.63, 3.8) is 0 Å². The van der Waals surface area contributed by atoms with Gasteiger partial charge < -0.3 is 10.1 Å².